The molecule has 0 radical (unpaired) electrons. The van der Waals surface area contributed by atoms with Crippen LogP contribution >= 0.6 is 23.2 Å². The number of halogens is 2. The second-order valence-corrected chi connectivity index (χ2v) is 6.61. The zero-order chi connectivity index (χ0) is 17.5. The van der Waals surface area contributed by atoms with Crippen molar-refractivity contribution in [2.24, 2.45) is 0 Å². The van der Waals surface area contributed by atoms with E-state index in [4.69, 9.17) is 27.9 Å². The molecule has 0 saturated carbocycles. The summed E-state index contributed by atoms with van der Waals surface area (Å²) in [6.07, 6.45) is 1.01. The first-order valence-corrected chi connectivity index (χ1v) is 8.63. The highest BCUT2D eigenvalue weighted by atomic mass is 35.5. The lowest BCUT2D eigenvalue weighted by atomic mass is 10.1. The first kappa shape index (κ1) is 18.6. The molecule has 0 saturated heterocycles. The Bertz CT molecular complexity index is 704. The molecule has 0 aromatic heterocycles. The average molecular weight is 366 g/mol. The molecule has 0 unspecified atom stereocenters. The Kier molecular flexibility index (Phi) is 6.95. The van der Waals surface area contributed by atoms with Gasteiger partial charge in [-0.15, -0.1) is 0 Å². The molecule has 0 aliphatic heterocycles. The number of para-hydroxylation sites is 1. The minimum Gasteiger partial charge on any atom is -0.491 e. The third-order valence-corrected chi connectivity index (χ3v) is 4.35. The van der Waals surface area contributed by atoms with Crippen molar-refractivity contribution in [3.8, 4) is 5.75 Å². The summed E-state index contributed by atoms with van der Waals surface area (Å²) in [4.78, 5) is 12.0. The number of ether oxygens (including phenoxy) is 1. The monoisotopic (exact) mass is 365 g/mol. The summed E-state index contributed by atoms with van der Waals surface area (Å²) in [5.74, 6) is 0.830. The van der Waals surface area contributed by atoms with Gasteiger partial charge in [0.15, 0.2) is 0 Å². The predicted octanol–water partition coefficient (Wildman–Crippen LogP) is 4.82. The number of carbonyl (C=O) groups excluding carboxylic acids is 1. The van der Waals surface area contributed by atoms with Crippen molar-refractivity contribution < 1.29 is 9.53 Å². The van der Waals surface area contributed by atoms with E-state index in [9.17, 15) is 4.79 Å². The van der Waals surface area contributed by atoms with Crippen molar-refractivity contribution in [2.75, 3.05) is 6.61 Å². The Morgan fingerprint density at radius 2 is 1.92 bits per heavy atom. The van der Waals surface area contributed by atoms with E-state index in [0.717, 1.165) is 16.9 Å². The van der Waals surface area contributed by atoms with Gasteiger partial charge in [-0.25, -0.2) is 0 Å². The number of rotatable bonds is 7. The van der Waals surface area contributed by atoms with Gasteiger partial charge in [-0.3, -0.25) is 4.79 Å². The van der Waals surface area contributed by atoms with Crippen LogP contribution in [0, 0.1) is 6.92 Å². The van der Waals surface area contributed by atoms with Crippen LogP contribution in [0.15, 0.2) is 42.5 Å². The predicted molar refractivity (Wildman–Crippen MR) is 99.1 cm³/mol. The van der Waals surface area contributed by atoms with Crippen LogP contribution in [0.4, 0.5) is 0 Å². The fraction of sp³-hybridized carbons (Fsp3) is 0.316. The van der Waals surface area contributed by atoms with Gasteiger partial charge in [0.1, 0.15) is 12.4 Å². The van der Waals surface area contributed by atoms with E-state index in [1.165, 1.54) is 0 Å². The molecule has 0 bridgehead atoms. The number of carbonyl (C=O) groups is 1. The maximum atomic E-state index is 12.0. The van der Waals surface area contributed by atoms with Gasteiger partial charge in [0.2, 0.25) is 5.91 Å². The standard InChI is InChI=1S/C19H21Cl2NO2/c1-13-5-3-4-6-18(13)24-12-14(2)22-19(23)10-8-15-7-9-16(20)17(21)11-15/h3-7,9,11,14H,8,10,12H2,1-2H3,(H,22,23)/t14-/m1/s1. The Balaban J connectivity index is 1.75. The zero-order valence-corrected chi connectivity index (χ0v) is 15.3. The maximum absolute atomic E-state index is 12.0. The molecule has 3 nitrogen and oxygen atoms in total. The van der Waals surface area contributed by atoms with Crippen molar-refractivity contribution in [1.29, 1.82) is 0 Å². The van der Waals surface area contributed by atoms with E-state index < -0.39 is 0 Å². The summed E-state index contributed by atoms with van der Waals surface area (Å²) in [6, 6.07) is 13.2. The highest BCUT2D eigenvalue weighted by Crippen LogP contribution is 2.23. The molecule has 0 heterocycles. The number of hydrogen-bond acceptors (Lipinski definition) is 2. The summed E-state index contributed by atoms with van der Waals surface area (Å²) in [6.45, 7) is 4.36. The van der Waals surface area contributed by atoms with Crippen LogP contribution in [0.3, 0.4) is 0 Å². The smallest absolute Gasteiger partial charge is 0.220 e. The second-order valence-electron chi connectivity index (χ2n) is 5.79. The van der Waals surface area contributed by atoms with Crippen LogP contribution in [-0.2, 0) is 11.2 Å². The normalized spacial score (nSPS) is 11.8. The van der Waals surface area contributed by atoms with E-state index in [0.29, 0.717) is 29.5 Å². The Morgan fingerprint density at radius 3 is 2.62 bits per heavy atom. The van der Waals surface area contributed by atoms with Crippen molar-refractivity contribution in [2.45, 2.75) is 32.7 Å². The van der Waals surface area contributed by atoms with Crippen molar-refractivity contribution in [3.63, 3.8) is 0 Å². The average Bonchev–Trinajstić information content (AvgIpc) is 2.55. The fourth-order valence-corrected chi connectivity index (χ4v) is 2.60. The third kappa shape index (κ3) is 5.73. The lowest BCUT2D eigenvalue weighted by Gasteiger charge is -2.16. The minimum absolute atomic E-state index is 0.0121. The number of nitrogens with one attached hydrogen (secondary N) is 1. The lowest BCUT2D eigenvalue weighted by molar-refractivity contribution is -0.121. The van der Waals surface area contributed by atoms with E-state index in [-0.39, 0.29) is 11.9 Å². The first-order valence-electron chi connectivity index (χ1n) is 7.87. The molecule has 1 amide bonds. The zero-order valence-electron chi connectivity index (χ0n) is 13.8. The molecule has 2 aromatic rings. The number of aryl methyl sites for hydroxylation is 2. The highest BCUT2D eigenvalue weighted by molar-refractivity contribution is 6.42. The SMILES string of the molecule is Cc1ccccc1OC[C@@H](C)NC(=O)CCc1ccc(Cl)c(Cl)c1. The fourth-order valence-electron chi connectivity index (χ4n) is 2.27. The molecule has 0 spiro atoms. The number of hydrogen-bond donors (Lipinski definition) is 1. The van der Waals surface area contributed by atoms with Crippen molar-refractivity contribution in [1.82, 2.24) is 5.32 Å². The molecule has 5 heteroatoms. The Labute approximate surface area is 152 Å². The summed E-state index contributed by atoms with van der Waals surface area (Å²) >= 11 is 11.9. The summed E-state index contributed by atoms with van der Waals surface area (Å²) < 4.78 is 5.74. The van der Waals surface area contributed by atoms with Gasteiger partial charge in [-0.2, -0.15) is 0 Å². The van der Waals surface area contributed by atoms with E-state index in [1.54, 1.807) is 12.1 Å². The lowest BCUT2D eigenvalue weighted by Crippen LogP contribution is -2.36. The maximum Gasteiger partial charge on any atom is 0.220 e. The van der Waals surface area contributed by atoms with Gasteiger partial charge in [0.05, 0.1) is 16.1 Å². The van der Waals surface area contributed by atoms with Crippen LogP contribution < -0.4 is 10.1 Å². The van der Waals surface area contributed by atoms with Gasteiger partial charge in [-0.05, 0) is 49.6 Å². The largest absolute Gasteiger partial charge is 0.491 e. The molecule has 2 aromatic carbocycles. The second kappa shape index (κ2) is 8.95. The first-order chi connectivity index (χ1) is 11.5. The molecule has 0 aliphatic carbocycles. The molecule has 0 aliphatic rings. The van der Waals surface area contributed by atoms with Gasteiger partial charge in [0, 0.05) is 6.42 Å². The Hall–Kier alpha value is -1.71. The molecule has 1 N–H and O–H groups in total. The Morgan fingerprint density at radius 1 is 1.17 bits per heavy atom. The molecule has 2 rings (SSSR count). The molecular weight excluding hydrogens is 345 g/mol. The van der Waals surface area contributed by atoms with Gasteiger partial charge < -0.3 is 10.1 Å². The summed E-state index contributed by atoms with van der Waals surface area (Å²) in [5, 5.41) is 3.97. The van der Waals surface area contributed by atoms with Crippen LogP contribution in [-0.4, -0.2) is 18.6 Å². The molecule has 0 fully saturated rings. The number of benzene rings is 2. The summed E-state index contributed by atoms with van der Waals surface area (Å²) in [7, 11) is 0. The van der Waals surface area contributed by atoms with Crippen LogP contribution in [0.5, 0.6) is 5.75 Å². The van der Waals surface area contributed by atoms with E-state index in [2.05, 4.69) is 5.32 Å². The van der Waals surface area contributed by atoms with Crippen molar-refractivity contribution >= 4 is 29.1 Å². The molecular formula is C19H21Cl2NO2. The van der Waals surface area contributed by atoms with E-state index >= 15 is 0 Å². The highest BCUT2D eigenvalue weighted by Gasteiger charge is 2.09. The van der Waals surface area contributed by atoms with Gasteiger partial charge in [-0.1, -0.05) is 47.5 Å². The van der Waals surface area contributed by atoms with Gasteiger partial charge in [0.25, 0.3) is 0 Å². The number of amides is 1. The van der Waals surface area contributed by atoms with Crippen LogP contribution in [0.2, 0.25) is 10.0 Å². The van der Waals surface area contributed by atoms with Gasteiger partial charge >= 0.3 is 0 Å². The molecule has 24 heavy (non-hydrogen) atoms. The quantitative estimate of drug-likeness (QED) is 0.763. The minimum atomic E-state index is -0.0640. The summed E-state index contributed by atoms with van der Waals surface area (Å²) in [5.41, 5.74) is 2.07. The van der Waals surface area contributed by atoms with Crippen LogP contribution in [0.25, 0.3) is 0 Å². The van der Waals surface area contributed by atoms with E-state index in [1.807, 2.05) is 44.2 Å². The third-order valence-electron chi connectivity index (χ3n) is 3.61. The molecule has 128 valence electrons. The molecule has 1 atom stereocenters. The topological polar surface area (TPSA) is 38.3 Å². The van der Waals surface area contributed by atoms with Crippen molar-refractivity contribution in [3.05, 3.63) is 63.6 Å². The van der Waals surface area contributed by atoms with Crippen LogP contribution in [0.1, 0.15) is 24.5 Å².